The number of anilines is 1. The van der Waals surface area contributed by atoms with Crippen molar-refractivity contribution >= 4 is 23.1 Å². The first kappa shape index (κ1) is 21.9. The zero-order valence-corrected chi connectivity index (χ0v) is 18.3. The molecule has 0 saturated carbocycles. The van der Waals surface area contributed by atoms with Gasteiger partial charge in [0.05, 0.1) is 33.0 Å². The predicted octanol–water partition coefficient (Wildman–Crippen LogP) is 2.23. The van der Waals surface area contributed by atoms with E-state index in [1.807, 2.05) is 30.3 Å². The van der Waals surface area contributed by atoms with E-state index in [0.717, 1.165) is 13.1 Å². The van der Waals surface area contributed by atoms with E-state index in [9.17, 15) is 9.59 Å². The SMILES string of the molecule is COc1ccc(NC2=C(c3ccccc3)C(=O)N(CCN3CCOCC3)C2=O)cc1OC. The molecule has 0 aliphatic carbocycles. The maximum atomic E-state index is 13.3. The third-order valence-electron chi connectivity index (χ3n) is 5.63. The van der Waals surface area contributed by atoms with Crippen molar-refractivity contribution < 1.29 is 23.8 Å². The zero-order valence-electron chi connectivity index (χ0n) is 18.3. The van der Waals surface area contributed by atoms with Gasteiger partial charge in [0, 0.05) is 37.9 Å². The van der Waals surface area contributed by atoms with E-state index in [-0.39, 0.29) is 17.5 Å². The Labute approximate surface area is 187 Å². The Kier molecular flexibility index (Phi) is 6.72. The molecule has 2 aliphatic rings. The highest BCUT2D eigenvalue weighted by Gasteiger charge is 2.39. The fraction of sp³-hybridized carbons (Fsp3) is 0.333. The molecule has 32 heavy (non-hydrogen) atoms. The van der Waals surface area contributed by atoms with Crippen molar-refractivity contribution in [2.24, 2.45) is 0 Å². The molecule has 2 aromatic carbocycles. The van der Waals surface area contributed by atoms with E-state index >= 15 is 0 Å². The molecule has 1 saturated heterocycles. The van der Waals surface area contributed by atoms with Crippen LogP contribution >= 0.6 is 0 Å². The Morgan fingerprint density at radius 1 is 0.906 bits per heavy atom. The quantitative estimate of drug-likeness (QED) is 0.635. The molecule has 0 radical (unpaired) electrons. The molecule has 2 amide bonds. The molecule has 0 bridgehead atoms. The molecule has 0 aromatic heterocycles. The number of benzene rings is 2. The average molecular weight is 437 g/mol. The number of nitrogens with one attached hydrogen (secondary N) is 1. The van der Waals surface area contributed by atoms with Crippen LogP contribution in [0.15, 0.2) is 54.2 Å². The smallest absolute Gasteiger partial charge is 0.278 e. The van der Waals surface area contributed by atoms with E-state index in [4.69, 9.17) is 14.2 Å². The maximum Gasteiger partial charge on any atom is 0.278 e. The van der Waals surface area contributed by atoms with Gasteiger partial charge in [0.15, 0.2) is 11.5 Å². The number of nitrogens with zero attached hydrogens (tertiary/aromatic N) is 2. The summed E-state index contributed by atoms with van der Waals surface area (Å²) >= 11 is 0. The van der Waals surface area contributed by atoms with Gasteiger partial charge in [-0.15, -0.1) is 0 Å². The summed E-state index contributed by atoms with van der Waals surface area (Å²) in [5.41, 5.74) is 1.95. The number of hydrogen-bond donors (Lipinski definition) is 1. The summed E-state index contributed by atoms with van der Waals surface area (Å²) in [5.74, 6) is 0.478. The lowest BCUT2D eigenvalue weighted by Crippen LogP contribution is -2.43. The summed E-state index contributed by atoms with van der Waals surface area (Å²) in [4.78, 5) is 30.2. The summed E-state index contributed by atoms with van der Waals surface area (Å²) < 4.78 is 16.0. The van der Waals surface area contributed by atoms with Gasteiger partial charge in [0.1, 0.15) is 5.70 Å². The lowest BCUT2D eigenvalue weighted by atomic mass is 10.0. The molecule has 8 heteroatoms. The number of carbonyl (C=O) groups is 2. The first-order chi connectivity index (χ1) is 15.6. The van der Waals surface area contributed by atoms with Crippen molar-refractivity contribution in [3.8, 4) is 11.5 Å². The fourth-order valence-corrected chi connectivity index (χ4v) is 3.89. The number of amides is 2. The van der Waals surface area contributed by atoms with Gasteiger partial charge in [-0.1, -0.05) is 30.3 Å². The molecule has 1 N–H and O–H groups in total. The normalized spacial score (nSPS) is 17.1. The Morgan fingerprint density at radius 2 is 1.62 bits per heavy atom. The van der Waals surface area contributed by atoms with Crippen molar-refractivity contribution in [3.63, 3.8) is 0 Å². The van der Waals surface area contributed by atoms with Gasteiger partial charge in [-0.25, -0.2) is 0 Å². The Morgan fingerprint density at radius 3 is 2.31 bits per heavy atom. The van der Waals surface area contributed by atoms with Crippen LogP contribution in [0.2, 0.25) is 0 Å². The first-order valence-corrected chi connectivity index (χ1v) is 10.6. The predicted molar refractivity (Wildman–Crippen MR) is 121 cm³/mol. The van der Waals surface area contributed by atoms with E-state index in [1.165, 1.54) is 4.90 Å². The van der Waals surface area contributed by atoms with Crippen LogP contribution in [0.25, 0.3) is 5.57 Å². The number of carbonyl (C=O) groups excluding carboxylic acids is 2. The molecular formula is C24H27N3O5. The van der Waals surface area contributed by atoms with Gasteiger partial charge in [0.2, 0.25) is 0 Å². The van der Waals surface area contributed by atoms with Crippen LogP contribution in [-0.4, -0.2) is 75.2 Å². The minimum atomic E-state index is -0.336. The van der Waals surface area contributed by atoms with Gasteiger partial charge in [-0.2, -0.15) is 0 Å². The molecule has 4 rings (SSSR count). The summed E-state index contributed by atoms with van der Waals surface area (Å²) in [6.45, 7) is 3.87. The van der Waals surface area contributed by atoms with E-state index in [1.54, 1.807) is 32.4 Å². The molecule has 0 atom stereocenters. The van der Waals surface area contributed by atoms with Gasteiger partial charge in [-0.05, 0) is 17.7 Å². The largest absolute Gasteiger partial charge is 0.493 e. The third-order valence-corrected chi connectivity index (χ3v) is 5.63. The number of morpholine rings is 1. The second-order valence-corrected chi connectivity index (χ2v) is 7.53. The third kappa shape index (κ3) is 4.46. The fourth-order valence-electron chi connectivity index (χ4n) is 3.89. The maximum absolute atomic E-state index is 13.3. The summed E-state index contributed by atoms with van der Waals surface area (Å²) in [7, 11) is 3.11. The van der Waals surface area contributed by atoms with E-state index in [0.29, 0.717) is 54.6 Å². The van der Waals surface area contributed by atoms with Gasteiger partial charge in [0.25, 0.3) is 11.8 Å². The molecule has 0 spiro atoms. The van der Waals surface area contributed by atoms with E-state index < -0.39 is 0 Å². The van der Waals surface area contributed by atoms with Gasteiger partial charge in [-0.3, -0.25) is 19.4 Å². The zero-order chi connectivity index (χ0) is 22.5. The van der Waals surface area contributed by atoms with Gasteiger partial charge < -0.3 is 19.5 Å². The van der Waals surface area contributed by atoms with Crippen molar-refractivity contribution in [3.05, 3.63) is 59.8 Å². The number of methoxy groups -OCH3 is 2. The topological polar surface area (TPSA) is 80.3 Å². The lowest BCUT2D eigenvalue weighted by molar-refractivity contribution is -0.137. The second-order valence-electron chi connectivity index (χ2n) is 7.53. The van der Waals surface area contributed by atoms with Crippen molar-refractivity contribution in [2.75, 3.05) is 58.9 Å². The standard InChI is InChI=1S/C24H27N3O5/c1-30-19-9-8-18(16-20(19)31-2)25-22-21(17-6-4-3-5-7-17)23(28)27(24(22)29)11-10-26-12-14-32-15-13-26/h3-9,16,25H,10-15H2,1-2H3. The Hall–Kier alpha value is -3.36. The molecule has 0 unspecified atom stereocenters. The van der Waals surface area contributed by atoms with Crippen LogP contribution in [0, 0.1) is 0 Å². The molecular weight excluding hydrogens is 410 g/mol. The molecule has 168 valence electrons. The number of imide groups is 1. The first-order valence-electron chi connectivity index (χ1n) is 10.6. The monoisotopic (exact) mass is 437 g/mol. The highest BCUT2D eigenvalue weighted by molar-refractivity contribution is 6.36. The van der Waals surface area contributed by atoms with Crippen LogP contribution in [-0.2, 0) is 14.3 Å². The minimum Gasteiger partial charge on any atom is -0.493 e. The highest BCUT2D eigenvalue weighted by Crippen LogP contribution is 2.34. The average Bonchev–Trinajstić information content (AvgIpc) is 3.07. The number of rotatable bonds is 8. The van der Waals surface area contributed by atoms with Crippen LogP contribution < -0.4 is 14.8 Å². The summed E-state index contributed by atoms with van der Waals surface area (Å²) in [5, 5.41) is 3.16. The van der Waals surface area contributed by atoms with Crippen molar-refractivity contribution in [1.29, 1.82) is 0 Å². The highest BCUT2D eigenvalue weighted by atomic mass is 16.5. The summed E-state index contributed by atoms with van der Waals surface area (Å²) in [6.07, 6.45) is 0. The van der Waals surface area contributed by atoms with Crippen LogP contribution in [0.5, 0.6) is 11.5 Å². The van der Waals surface area contributed by atoms with Crippen LogP contribution in [0.1, 0.15) is 5.56 Å². The second kappa shape index (κ2) is 9.84. The van der Waals surface area contributed by atoms with Gasteiger partial charge >= 0.3 is 0 Å². The van der Waals surface area contributed by atoms with Crippen LogP contribution in [0.4, 0.5) is 5.69 Å². The molecule has 2 aliphatic heterocycles. The van der Waals surface area contributed by atoms with E-state index in [2.05, 4.69) is 10.2 Å². The Balaban J connectivity index is 1.62. The molecule has 8 nitrogen and oxygen atoms in total. The number of ether oxygens (including phenoxy) is 3. The number of hydrogen-bond acceptors (Lipinski definition) is 7. The minimum absolute atomic E-state index is 0.260. The Bertz CT molecular complexity index is 1020. The molecule has 1 fully saturated rings. The molecule has 2 aromatic rings. The van der Waals surface area contributed by atoms with Crippen molar-refractivity contribution in [1.82, 2.24) is 9.80 Å². The van der Waals surface area contributed by atoms with Crippen LogP contribution in [0.3, 0.4) is 0 Å². The van der Waals surface area contributed by atoms with Crippen molar-refractivity contribution in [2.45, 2.75) is 0 Å². The molecule has 2 heterocycles. The summed E-state index contributed by atoms with van der Waals surface area (Å²) in [6, 6.07) is 14.5. The lowest BCUT2D eigenvalue weighted by Gasteiger charge is -2.28.